The van der Waals surface area contributed by atoms with Gasteiger partial charge in [0.15, 0.2) is 0 Å². The van der Waals surface area contributed by atoms with Crippen LogP contribution in [0.15, 0.2) is 18.2 Å². The molecule has 1 aliphatic carbocycles. The predicted octanol–water partition coefficient (Wildman–Crippen LogP) is 2.62. The normalized spacial score (nSPS) is 17.4. The zero-order chi connectivity index (χ0) is 18.0. The monoisotopic (exact) mass is 344 g/mol. The van der Waals surface area contributed by atoms with Crippen LogP contribution in [0.2, 0.25) is 0 Å². The number of ether oxygens (including phenoxy) is 1. The Bertz CT molecular complexity index is 665. The fourth-order valence-corrected chi connectivity index (χ4v) is 3.57. The lowest BCUT2D eigenvalue weighted by atomic mass is 9.86. The summed E-state index contributed by atoms with van der Waals surface area (Å²) in [6.45, 7) is 5.63. The van der Waals surface area contributed by atoms with Gasteiger partial charge in [-0.05, 0) is 48.4 Å². The summed E-state index contributed by atoms with van der Waals surface area (Å²) in [5, 5.41) is 2.77. The van der Waals surface area contributed by atoms with Crippen LogP contribution >= 0.6 is 0 Å². The number of nitrogens with one attached hydrogen (secondary N) is 1. The minimum Gasteiger partial charge on any atom is -0.497 e. The van der Waals surface area contributed by atoms with E-state index < -0.39 is 0 Å². The standard InChI is InChI=1S/C20H28N2O3/c1-14(2)4-7-18(23)21-11-19(24)22-12-15-5-6-16(25-3)10-17(15)20(13-22)8-9-20/h5-6,10,14H,4,7-9,11-13H2,1-3H3,(H,21,23). The second-order valence-electron chi connectivity index (χ2n) is 7.76. The van der Waals surface area contributed by atoms with Crippen LogP contribution in [0.4, 0.5) is 0 Å². The van der Waals surface area contributed by atoms with Crippen molar-refractivity contribution in [2.45, 2.75) is 51.5 Å². The summed E-state index contributed by atoms with van der Waals surface area (Å²) in [6, 6.07) is 6.14. The van der Waals surface area contributed by atoms with Crippen LogP contribution in [0.3, 0.4) is 0 Å². The number of hydrogen-bond acceptors (Lipinski definition) is 3. The minimum absolute atomic E-state index is 0.00522. The molecule has 1 N–H and O–H groups in total. The lowest BCUT2D eigenvalue weighted by Gasteiger charge is -2.35. The molecule has 136 valence electrons. The summed E-state index contributed by atoms with van der Waals surface area (Å²) in [7, 11) is 1.68. The maximum absolute atomic E-state index is 12.6. The molecule has 0 radical (unpaired) electrons. The van der Waals surface area contributed by atoms with E-state index in [-0.39, 0.29) is 23.8 Å². The molecule has 0 unspecified atom stereocenters. The second-order valence-corrected chi connectivity index (χ2v) is 7.76. The molecule has 0 bridgehead atoms. The molecular weight excluding hydrogens is 316 g/mol. The van der Waals surface area contributed by atoms with Crippen LogP contribution < -0.4 is 10.1 Å². The van der Waals surface area contributed by atoms with Crippen LogP contribution in [0, 0.1) is 5.92 Å². The van der Waals surface area contributed by atoms with Crippen LogP contribution in [0.1, 0.15) is 50.7 Å². The smallest absolute Gasteiger partial charge is 0.242 e. The highest BCUT2D eigenvalue weighted by Crippen LogP contribution is 2.53. The number of hydrogen-bond donors (Lipinski definition) is 1. The Morgan fingerprint density at radius 2 is 2.08 bits per heavy atom. The lowest BCUT2D eigenvalue weighted by molar-refractivity contribution is -0.134. The van der Waals surface area contributed by atoms with Crippen LogP contribution in [-0.2, 0) is 21.5 Å². The van der Waals surface area contributed by atoms with Gasteiger partial charge in [-0.25, -0.2) is 0 Å². The molecule has 25 heavy (non-hydrogen) atoms. The first kappa shape index (κ1) is 17.8. The van der Waals surface area contributed by atoms with Crippen molar-refractivity contribution >= 4 is 11.8 Å². The van der Waals surface area contributed by atoms with Gasteiger partial charge in [0, 0.05) is 24.9 Å². The highest BCUT2D eigenvalue weighted by Gasteiger charge is 2.50. The number of benzene rings is 1. The number of carbonyl (C=O) groups is 2. The highest BCUT2D eigenvalue weighted by molar-refractivity contribution is 5.85. The van der Waals surface area contributed by atoms with E-state index in [0.29, 0.717) is 18.9 Å². The summed E-state index contributed by atoms with van der Waals surface area (Å²) in [6.07, 6.45) is 3.55. The Labute approximate surface area is 149 Å². The van der Waals surface area contributed by atoms with Gasteiger partial charge < -0.3 is 15.0 Å². The Morgan fingerprint density at radius 1 is 1.32 bits per heavy atom. The molecule has 2 amide bonds. The molecule has 5 heteroatoms. The van der Waals surface area contributed by atoms with E-state index >= 15 is 0 Å². The first-order valence-corrected chi connectivity index (χ1v) is 9.15. The Balaban J connectivity index is 1.61. The van der Waals surface area contributed by atoms with Crippen molar-refractivity contribution in [1.29, 1.82) is 0 Å². The van der Waals surface area contributed by atoms with Crippen LogP contribution in [0.5, 0.6) is 5.75 Å². The third-order valence-electron chi connectivity index (χ3n) is 5.33. The van der Waals surface area contributed by atoms with Gasteiger partial charge in [-0.3, -0.25) is 9.59 Å². The average Bonchev–Trinajstić information content (AvgIpc) is 3.37. The molecule has 5 nitrogen and oxygen atoms in total. The quantitative estimate of drug-likeness (QED) is 0.863. The molecule has 1 aliphatic heterocycles. The molecule has 2 aliphatic rings. The van der Waals surface area contributed by atoms with E-state index in [1.165, 1.54) is 11.1 Å². The lowest BCUT2D eigenvalue weighted by Crippen LogP contribution is -2.46. The van der Waals surface area contributed by atoms with Gasteiger partial charge in [-0.15, -0.1) is 0 Å². The van der Waals surface area contributed by atoms with Gasteiger partial charge >= 0.3 is 0 Å². The zero-order valence-corrected chi connectivity index (χ0v) is 15.4. The van der Waals surface area contributed by atoms with Crippen LogP contribution in [0.25, 0.3) is 0 Å². The Kier molecular flexibility index (Phi) is 5.02. The van der Waals surface area contributed by atoms with E-state index in [9.17, 15) is 9.59 Å². The SMILES string of the molecule is COc1ccc2c(c1)C1(CC1)CN(C(=O)CNC(=O)CCC(C)C)C2. The second kappa shape index (κ2) is 7.06. The highest BCUT2D eigenvalue weighted by atomic mass is 16.5. The largest absolute Gasteiger partial charge is 0.497 e. The number of nitrogens with zero attached hydrogens (tertiary/aromatic N) is 1. The van der Waals surface area contributed by atoms with E-state index in [2.05, 4.69) is 31.3 Å². The van der Waals surface area contributed by atoms with Crippen molar-refractivity contribution in [3.8, 4) is 5.75 Å². The fourth-order valence-electron chi connectivity index (χ4n) is 3.57. The summed E-state index contributed by atoms with van der Waals surface area (Å²) >= 11 is 0. The van der Waals surface area contributed by atoms with Gasteiger partial charge in [0.05, 0.1) is 13.7 Å². The van der Waals surface area contributed by atoms with Gasteiger partial charge in [0.25, 0.3) is 0 Å². The van der Waals surface area contributed by atoms with Crippen molar-refractivity contribution < 1.29 is 14.3 Å². The maximum atomic E-state index is 12.6. The number of amides is 2. The molecular formula is C20H28N2O3. The summed E-state index contributed by atoms with van der Waals surface area (Å²) in [5.74, 6) is 1.34. The molecule has 1 aromatic rings. The van der Waals surface area contributed by atoms with Gasteiger partial charge in [0.1, 0.15) is 5.75 Å². The Morgan fingerprint density at radius 3 is 2.72 bits per heavy atom. The first-order valence-electron chi connectivity index (χ1n) is 9.15. The molecule has 1 saturated carbocycles. The fraction of sp³-hybridized carbons (Fsp3) is 0.600. The summed E-state index contributed by atoms with van der Waals surface area (Å²) < 4.78 is 5.35. The molecule has 1 fully saturated rings. The molecule has 1 aromatic carbocycles. The predicted molar refractivity (Wildman–Crippen MR) is 96.4 cm³/mol. The minimum atomic E-state index is -0.0367. The van der Waals surface area contributed by atoms with Crippen molar-refractivity contribution in [1.82, 2.24) is 10.2 Å². The average molecular weight is 344 g/mol. The van der Waals surface area contributed by atoms with Crippen molar-refractivity contribution in [3.05, 3.63) is 29.3 Å². The van der Waals surface area contributed by atoms with Crippen molar-refractivity contribution in [2.24, 2.45) is 5.92 Å². The molecule has 1 heterocycles. The third kappa shape index (κ3) is 3.97. The third-order valence-corrected chi connectivity index (χ3v) is 5.33. The molecule has 1 spiro atoms. The number of fused-ring (bicyclic) bond motifs is 2. The summed E-state index contributed by atoms with van der Waals surface area (Å²) in [4.78, 5) is 26.3. The van der Waals surface area contributed by atoms with E-state index in [1.807, 2.05) is 11.0 Å². The molecule has 0 saturated heterocycles. The zero-order valence-electron chi connectivity index (χ0n) is 15.4. The summed E-state index contributed by atoms with van der Waals surface area (Å²) in [5.41, 5.74) is 2.63. The number of rotatable bonds is 6. The van der Waals surface area contributed by atoms with E-state index in [0.717, 1.165) is 31.6 Å². The van der Waals surface area contributed by atoms with E-state index in [4.69, 9.17) is 4.74 Å². The van der Waals surface area contributed by atoms with Gasteiger partial charge in [-0.2, -0.15) is 0 Å². The first-order chi connectivity index (χ1) is 11.9. The molecule has 3 rings (SSSR count). The molecule has 0 aromatic heterocycles. The van der Waals surface area contributed by atoms with Gasteiger partial charge in [0.2, 0.25) is 11.8 Å². The van der Waals surface area contributed by atoms with Crippen molar-refractivity contribution in [3.63, 3.8) is 0 Å². The maximum Gasteiger partial charge on any atom is 0.242 e. The van der Waals surface area contributed by atoms with Crippen LogP contribution in [-0.4, -0.2) is 36.9 Å². The number of carbonyl (C=O) groups excluding carboxylic acids is 2. The van der Waals surface area contributed by atoms with Crippen molar-refractivity contribution in [2.75, 3.05) is 20.2 Å². The van der Waals surface area contributed by atoms with E-state index in [1.54, 1.807) is 7.11 Å². The molecule has 0 atom stereocenters. The Hall–Kier alpha value is -2.04. The van der Waals surface area contributed by atoms with Gasteiger partial charge in [-0.1, -0.05) is 19.9 Å². The number of methoxy groups -OCH3 is 1. The topological polar surface area (TPSA) is 58.6 Å².